The molecular weight excluding hydrogens is 256 g/mol. The minimum atomic E-state index is 0.529. The van der Waals surface area contributed by atoms with E-state index in [1.807, 2.05) is 23.9 Å². The lowest BCUT2D eigenvalue weighted by Gasteiger charge is -2.28. The summed E-state index contributed by atoms with van der Waals surface area (Å²) in [6.45, 7) is 5.34. The van der Waals surface area contributed by atoms with E-state index in [-0.39, 0.29) is 0 Å². The molecule has 0 aliphatic carbocycles. The van der Waals surface area contributed by atoms with Crippen LogP contribution in [0.1, 0.15) is 19.4 Å². The van der Waals surface area contributed by atoms with Gasteiger partial charge in [0.25, 0.3) is 0 Å². The van der Waals surface area contributed by atoms with Crippen LogP contribution in [0.4, 0.5) is 0 Å². The second-order valence-electron chi connectivity index (χ2n) is 5.01. The summed E-state index contributed by atoms with van der Waals surface area (Å²) in [7, 11) is 1.69. The largest absolute Gasteiger partial charge is 0.497 e. The van der Waals surface area contributed by atoms with E-state index < -0.39 is 0 Å². The van der Waals surface area contributed by atoms with Gasteiger partial charge in [0, 0.05) is 18.3 Å². The molecule has 4 heteroatoms. The standard InChI is InChI=1S/C15H22N2OS/c1-11-10-19-15(17-12(11)2)16-9-8-13-4-6-14(18-3)7-5-13/h4-7,11-12H,8-10H2,1-3H3,(H,16,17). The summed E-state index contributed by atoms with van der Waals surface area (Å²) in [5, 5.41) is 4.56. The zero-order valence-corrected chi connectivity index (χ0v) is 12.7. The van der Waals surface area contributed by atoms with Gasteiger partial charge in [0.05, 0.1) is 7.11 Å². The monoisotopic (exact) mass is 278 g/mol. The first-order valence-corrected chi connectivity index (χ1v) is 7.74. The zero-order valence-electron chi connectivity index (χ0n) is 11.8. The van der Waals surface area contributed by atoms with Crippen molar-refractivity contribution < 1.29 is 4.74 Å². The Balaban J connectivity index is 1.82. The Kier molecular flexibility index (Phi) is 5.14. The van der Waals surface area contributed by atoms with Crippen LogP contribution in [-0.4, -0.2) is 30.6 Å². The van der Waals surface area contributed by atoms with Crippen LogP contribution in [-0.2, 0) is 6.42 Å². The van der Waals surface area contributed by atoms with Gasteiger partial charge in [-0.25, -0.2) is 0 Å². The fraction of sp³-hybridized carbons (Fsp3) is 0.533. The van der Waals surface area contributed by atoms with Gasteiger partial charge in [-0.05, 0) is 37.0 Å². The van der Waals surface area contributed by atoms with Crippen molar-refractivity contribution in [2.75, 3.05) is 19.4 Å². The Labute approximate surface area is 119 Å². The summed E-state index contributed by atoms with van der Waals surface area (Å²) in [6, 6.07) is 8.73. The molecule has 0 bridgehead atoms. The molecule has 2 rings (SSSR count). The van der Waals surface area contributed by atoms with E-state index in [1.54, 1.807) is 7.11 Å². The Hall–Kier alpha value is -1.16. The molecule has 3 nitrogen and oxygen atoms in total. The number of hydrogen-bond donors (Lipinski definition) is 1. The van der Waals surface area contributed by atoms with Crippen molar-refractivity contribution >= 4 is 16.9 Å². The predicted octanol–water partition coefficient (Wildman–Crippen LogP) is 2.95. The van der Waals surface area contributed by atoms with Crippen LogP contribution < -0.4 is 10.1 Å². The minimum absolute atomic E-state index is 0.529. The Morgan fingerprint density at radius 3 is 2.68 bits per heavy atom. The summed E-state index contributed by atoms with van der Waals surface area (Å²) in [6.07, 6.45) is 0.972. The predicted molar refractivity (Wildman–Crippen MR) is 83.2 cm³/mol. The smallest absolute Gasteiger partial charge is 0.156 e. The first kappa shape index (κ1) is 14.3. The van der Waals surface area contributed by atoms with E-state index in [9.17, 15) is 0 Å². The number of thioether (sulfide) groups is 1. The quantitative estimate of drug-likeness (QED) is 0.919. The lowest BCUT2D eigenvalue weighted by atomic mass is 10.1. The molecule has 19 heavy (non-hydrogen) atoms. The summed E-state index contributed by atoms with van der Waals surface area (Å²) < 4.78 is 5.15. The molecule has 2 atom stereocenters. The number of aliphatic imine (C=N–C) groups is 1. The van der Waals surface area contributed by atoms with Crippen molar-refractivity contribution in [3.63, 3.8) is 0 Å². The molecule has 0 aromatic heterocycles. The van der Waals surface area contributed by atoms with Crippen molar-refractivity contribution in [3.05, 3.63) is 29.8 Å². The molecule has 1 heterocycles. The fourth-order valence-electron chi connectivity index (χ4n) is 1.90. The van der Waals surface area contributed by atoms with Crippen LogP contribution in [0, 0.1) is 5.92 Å². The van der Waals surface area contributed by atoms with Crippen molar-refractivity contribution in [2.24, 2.45) is 10.9 Å². The number of nitrogens with zero attached hydrogens (tertiary/aromatic N) is 1. The minimum Gasteiger partial charge on any atom is -0.497 e. The van der Waals surface area contributed by atoms with Gasteiger partial charge in [-0.1, -0.05) is 30.8 Å². The van der Waals surface area contributed by atoms with Crippen molar-refractivity contribution in [1.82, 2.24) is 5.32 Å². The maximum Gasteiger partial charge on any atom is 0.156 e. The first-order chi connectivity index (χ1) is 9.19. The summed E-state index contributed by atoms with van der Waals surface area (Å²) in [5.41, 5.74) is 1.30. The molecule has 1 aromatic rings. The fourth-order valence-corrected chi connectivity index (χ4v) is 3.06. The molecule has 0 saturated carbocycles. The highest BCUT2D eigenvalue weighted by molar-refractivity contribution is 8.13. The van der Waals surface area contributed by atoms with Crippen LogP contribution in [0.25, 0.3) is 0 Å². The van der Waals surface area contributed by atoms with Crippen LogP contribution in [0.15, 0.2) is 29.3 Å². The molecule has 1 aliphatic heterocycles. The van der Waals surface area contributed by atoms with E-state index in [4.69, 9.17) is 4.74 Å². The van der Waals surface area contributed by atoms with Gasteiger partial charge in [-0.3, -0.25) is 4.99 Å². The average molecular weight is 278 g/mol. The topological polar surface area (TPSA) is 33.6 Å². The van der Waals surface area contributed by atoms with Crippen LogP contribution in [0.2, 0.25) is 0 Å². The maximum absolute atomic E-state index is 5.15. The average Bonchev–Trinajstić information content (AvgIpc) is 2.43. The number of amidine groups is 1. The van der Waals surface area contributed by atoms with E-state index in [1.165, 1.54) is 5.56 Å². The Morgan fingerprint density at radius 2 is 2.05 bits per heavy atom. The summed E-state index contributed by atoms with van der Waals surface area (Å²) >= 11 is 1.84. The normalized spacial score (nSPS) is 25.1. The maximum atomic E-state index is 5.15. The molecule has 1 aromatic carbocycles. The van der Waals surface area contributed by atoms with Gasteiger partial charge in [0.2, 0.25) is 0 Å². The second-order valence-corrected chi connectivity index (χ2v) is 6.01. The number of rotatable bonds is 4. The third kappa shape index (κ3) is 4.16. The van der Waals surface area contributed by atoms with Crippen molar-refractivity contribution in [3.8, 4) is 5.75 Å². The van der Waals surface area contributed by atoms with Gasteiger partial charge in [-0.2, -0.15) is 0 Å². The van der Waals surface area contributed by atoms with E-state index in [2.05, 4.69) is 36.3 Å². The lowest BCUT2D eigenvalue weighted by molar-refractivity contribution is 0.414. The molecule has 0 amide bonds. The molecule has 1 N–H and O–H groups in total. The van der Waals surface area contributed by atoms with Crippen molar-refractivity contribution in [1.29, 1.82) is 0 Å². The van der Waals surface area contributed by atoms with Crippen LogP contribution in [0.3, 0.4) is 0 Å². The van der Waals surface area contributed by atoms with E-state index in [0.29, 0.717) is 12.0 Å². The van der Waals surface area contributed by atoms with Crippen LogP contribution >= 0.6 is 11.8 Å². The van der Waals surface area contributed by atoms with E-state index >= 15 is 0 Å². The first-order valence-electron chi connectivity index (χ1n) is 6.75. The molecule has 0 spiro atoms. The Bertz CT molecular complexity index is 430. The van der Waals surface area contributed by atoms with Gasteiger partial charge >= 0.3 is 0 Å². The van der Waals surface area contributed by atoms with Crippen molar-refractivity contribution in [2.45, 2.75) is 26.3 Å². The van der Waals surface area contributed by atoms with Crippen LogP contribution in [0.5, 0.6) is 5.75 Å². The highest BCUT2D eigenvalue weighted by atomic mass is 32.2. The molecule has 0 radical (unpaired) electrons. The lowest BCUT2D eigenvalue weighted by Crippen LogP contribution is -2.41. The number of benzene rings is 1. The molecule has 104 valence electrons. The van der Waals surface area contributed by atoms with Gasteiger partial charge < -0.3 is 10.1 Å². The number of hydrogen-bond acceptors (Lipinski definition) is 3. The third-order valence-electron chi connectivity index (χ3n) is 3.50. The molecule has 1 fully saturated rings. The molecule has 2 unspecified atom stereocenters. The van der Waals surface area contributed by atoms with Gasteiger partial charge in [0.1, 0.15) is 5.75 Å². The van der Waals surface area contributed by atoms with E-state index in [0.717, 1.165) is 29.6 Å². The SMILES string of the molecule is COc1ccc(CCN=C2NC(C)C(C)CS2)cc1. The highest BCUT2D eigenvalue weighted by Crippen LogP contribution is 2.19. The molecule has 1 aliphatic rings. The van der Waals surface area contributed by atoms with Gasteiger partial charge in [0.15, 0.2) is 5.17 Å². The zero-order chi connectivity index (χ0) is 13.7. The molecule has 1 saturated heterocycles. The number of methoxy groups -OCH3 is 1. The molecular formula is C15H22N2OS. The summed E-state index contributed by atoms with van der Waals surface area (Å²) in [4.78, 5) is 4.64. The van der Waals surface area contributed by atoms with Gasteiger partial charge in [-0.15, -0.1) is 0 Å². The Morgan fingerprint density at radius 1 is 1.32 bits per heavy atom. The third-order valence-corrected chi connectivity index (χ3v) is 4.72. The highest BCUT2D eigenvalue weighted by Gasteiger charge is 2.20. The number of nitrogens with one attached hydrogen (secondary N) is 1. The number of ether oxygens (including phenoxy) is 1. The summed E-state index contributed by atoms with van der Waals surface area (Å²) in [5.74, 6) is 2.78. The second kappa shape index (κ2) is 6.85.